The number of halogens is 1. The van der Waals surface area contributed by atoms with Crippen molar-refractivity contribution in [3.05, 3.63) is 25.8 Å². The maximum Gasteiger partial charge on any atom is 0.189 e. The highest BCUT2D eigenvalue weighted by atomic mass is 127. The zero-order valence-corrected chi connectivity index (χ0v) is 15.8. The molecule has 1 fully saturated rings. The van der Waals surface area contributed by atoms with Crippen LogP contribution in [0.25, 0.3) is 0 Å². The molecule has 21 heavy (non-hydrogen) atoms. The van der Waals surface area contributed by atoms with Gasteiger partial charge >= 0.3 is 0 Å². The highest BCUT2D eigenvalue weighted by Gasteiger charge is 2.28. The van der Waals surface area contributed by atoms with Gasteiger partial charge in [0.1, 0.15) is 5.82 Å². The Balaban J connectivity index is 1.72. The Kier molecular flexibility index (Phi) is 5.00. The van der Waals surface area contributed by atoms with Gasteiger partial charge in [0.05, 0.1) is 14.3 Å². The Morgan fingerprint density at radius 3 is 2.95 bits per heavy atom. The summed E-state index contributed by atoms with van der Waals surface area (Å²) in [7, 11) is 0. The van der Waals surface area contributed by atoms with Gasteiger partial charge in [-0.2, -0.15) is 0 Å². The molecule has 2 heterocycles. The number of hydrogen-bond acceptors (Lipinski definition) is 6. The van der Waals surface area contributed by atoms with Crippen molar-refractivity contribution in [1.29, 1.82) is 0 Å². The number of anilines is 1. The van der Waals surface area contributed by atoms with Gasteiger partial charge in [0.25, 0.3) is 0 Å². The molecule has 0 aliphatic heterocycles. The fraction of sp³-hybridized carbons (Fsp3) is 0.500. The standard InChI is InChI=1S/C14H17IN4S2/c1-8-11(15)12(19-14(17-8)20-2)18-10-4-3-9(7-10)13-16-5-6-21-13/h5-6,9-10H,3-4,7H2,1-2H3,(H,17,18,19). The van der Waals surface area contributed by atoms with Crippen molar-refractivity contribution < 1.29 is 0 Å². The summed E-state index contributed by atoms with van der Waals surface area (Å²) >= 11 is 5.69. The highest BCUT2D eigenvalue weighted by molar-refractivity contribution is 14.1. The van der Waals surface area contributed by atoms with Crippen LogP contribution >= 0.6 is 45.7 Å². The van der Waals surface area contributed by atoms with Crippen LogP contribution in [-0.2, 0) is 0 Å². The van der Waals surface area contributed by atoms with Gasteiger partial charge in [-0.1, -0.05) is 11.8 Å². The predicted octanol–water partition coefficient (Wildman–Crippen LogP) is 4.32. The Morgan fingerprint density at radius 2 is 2.24 bits per heavy atom. The summed E-state index contributed by atoms with van der Waals surface area (Å²) in [5, 5.41) is 7.80. The van der Waals surface area contributed by atoms with Gasteiger partial charge in [0.2, 0.25) is 0 Å². The number of hydrogen-bond donors (Lipinski definition) is 1. The maximum atomic E-state index is 4.62. The van der Waals surface area contributed by atoms with E-state index in [-0.39, 0.29) is 0 Å². The molecule has 2 aromatic heterocycles. The van der Waals surface area contributed by atoms with Gasteiger partial charge in [-0.05, 0) is 55.0 Å². The van der Waals surface area contributed by atoms with Crippen molar-refractivity contribution in [2.75, 3.05) is 11.6 Å². The SMILES string of the molecule is CSc1nc(C)c(I)c(NC2CCC(c3nccs3)C2)n1. The van der Waals surface area contributed by atoms with E-state index >= 15 is 0 Å². The number of aryl methyl sites for hydroxylation is 1. The minimum atomic E-state index is 0.483. The Labute approximate surface area is 146 Å². The van der Waals surface area contributed by atoms with E-state index in [0.717, 1.165) is 26.7 Å². The lowest BCUT2D eigenvalue weighted by Crippen LogP contribution is -2.18. The maximum absolute atomic E-state index is 4.62. The normalized spacial score (nSPS) is 21.7. The first-order chi connectivity index (χ1) is 10.2. The monoisotopic (exact) mass is 432 g/mol. The van der Waals surface area contributed by atoms with Crippen LogP contribution in [0.1, 0.15) is 35.9 Å². The molecular formula is C14H17IN4S2. The molecule has 0 bridgehead atoms. The van der Waals surface area contributed by atoms with Crippen molar-refractivity contribution in [2.45, 2.75) is 43.3 Å². The Hall–Kier alpha value is -0.410. The lowest BCUT2D eigenvalue weighted by atomic mass is 10.1. The molecule has 0 radical (unpaired) electrons. The third kappa shape index (κ3) is 3.50. The molecule has 0 saturated heterocycles. The van der Waals surface area contributed by atoms with Gasteiger partial charge in [-0.3, -0.25) is 0 Å². The van der Waals surface area contributed by atoms with Crippen LogP contribution in [0.5, 0.6) is 0 Å². The summed E-state index contributed by atoms with van der Waals surface area (Å²) < 4.78 is 1.13. The van der Waals surface area contributed by atoms with Gasteiger partial charge in [0, 0.05) is 23.5 Å². The largest absolute Gasteiger partial charge is 0.366 e. The second-order valence-corrected chi connectivity index (χ2v) is 7.96. The summed E-state index contributed by atoms with van der Waals surface area (Å²) in [6.07, 6.45) is 7.45. The van der Waals surface area contributed by atoms with Crippen molar-refractivity contribution in [2.24, 2.45) is 0 Å². The van der Waals surface area contributed by atoms with E-state index in [0.29, 0.717) is 12.0 Å². The average Bonchev–Trinajstić information content (AvgIpc) is 3.14. The number of thioether (sulfide) groups is 1. The predicted molar refractivity (Wildman–Crippen MR) is 97.4 cm³/mol. The molecular weight excluding hydrogens is 415 g/mol. The van der Waals surface area contributed by atoms with E-state index in [4.69, 9.17) is 0 Å². The number of thiazole rings is 1. The van der Waals surface area contributed by atoms with Crippen molar-refractivity contribution >= 4 is 51.5 Å². The first-order valence-electron chi connectivity index (χ1n) is 6.91. The van der Waals surface area contributed by atoms with Crippen molar-refractivity contribution in [3.8, 4) is 0 Å². The molecule has 7 heteroatoms. The summed E-state index contributed by atoms with van der Waals surface area (Å²) in [4.78, 5) is 13.6. The number of nitrogens with zero attached hydrogens (tertiary/aromatic N) is 3. The molecule has 112 valence electrons. The van der Waals surface area contributed by atoms with E-state index < -0.39 is 0 Å². The fourth-order valence-electron chi connectivity index (χ4n) is 2.69. The van der Waals surface area contributed by atoms with Gasteiger partial charge in [0.15, 0.2) is 5.16 Å². The van der Waals surface area contributed by atoms with E-state index in [1.807, 2.05) is 19.4 Å². The van der Waals surface area contributed by atoms with Crippen LogP contribution in [0.15, 0.2) is 16.7 Å². The molecule has 1 N–H and O–H groups in total. The van der Waals surface area contributed by atoms with E-state index in [9.17, 15) is 0 Å². The third-order valence-electron chi connectivity index (χ3n) is 3.75. The molecule has 1 aliphatic rings. The zero-order chi connectivity index (χ0) is 14.8. The number of aromatic nitrogens is 3. The zero-order valence-electron chi connectivity index (χ0n) is 12.0. The summed E-state index contributed by atoms with van der Waals surface area (Å²) in [5.74, 6) is 1.58. The van der Waals surface area contributed by atoms with Gasteiger partial charge in [-0.25, -0.2) is 15.0 Å². The van der Waals surface area contributed by atoms with E-state index in [1.54, 1.807) is 23.1 Å². The first kappa shape index (κ1) is 15.5. The molecule has 0 spiro atoms. The topological polar surface area (TPSA) is 50.7 Å². The molecule has 1 aliphatic carbocycles. The fourth-order valence-corrected chi connectivity index (χ4v) is 4.28. The molecule has 2 atom stereocenters. The summed E-state index contributed by atoms with van der Waals surface area (Å²) in [6, 6.07) is 0.483. The van der Waals surface area contributed by atoms with Crippen molar-refractivity contribution in [1.82, 2.24) is 15.0 Å². The Bertz CT molecular complexity index is 618. The smallest absolute Gasteiger partial charge is 0.189 e. The van der Waals surface area contributed by atoms with Crippen LogP contribution in [-0.4, -0.2) is 27.2 Å². The quantitative estimate of drug-likeness (QED) is 0.443. The first-order valence-corrected chi connectivity index (χ1v) is 10.1. The molecule has 0 aromatic carbocycles. The van der Waals surface area contributed by atoms with Gasteiger partial charge in [-0.15, -0.1) is 11.3 Å². The van der Waals surface area contributed by atoms with E-state index in [1.165, 1.54) is 17.8 Å². The molecule has 3 rings (SSSR count). The lowest BCUT2D eigenvalue weighted by Gasteiger charge is -2.16. The molecule has 1 saturated carbocycles. The molecule has 2 unspecified atom stereocenters. The highest BCUT2D eigenvalue weighted by Crippen LogP contribution is 2.37. The molecule has 4 nitrogen and oxygen atoms in total. The van der Waals surface area contributed by atoms with Crippen molar-refractivity contribution in [3.63, 3.8) is 0 Å². The van der Waals surface area contributed by atoms with E-state index in [2.05, 4.69) is 48.2 Å². The molecule has 0 amide bonds. The molecule has 2 aromatic rings. The van der Waals surface area contributed by atoms with Gasteiger partial charge < -0.3 is 5.32 Å². The third-order valence-corrected chi connectivity index (χ3v) is 6.53. The second-order valence-electron chi connectivity index (χ2n) is 5.18. The minimum Gasteiger partial charge on any atom is -0.366 e. The minimum absolute atomic E-state index is 0.483. The van der Waals surface area contributed by atoms with Crippen LogP contribution in [0, 0.1) is 10.5 Å². The average molecular weight is 432 g/mol. The Morgan fingerprint density at radius 1 is 1.38 bits per heavy atom. The second kappa shape index (κ2) is 6.78. The van der Waals surface area contributed by atoms with Crippen LogP contribution < -0.4 is 5.32 Å². The summed E-state index contributed by atoms with van der Waals surface area (Å²) in [5.41, 5.74) is 1.05. The summed E-state index contributed by atoms with van der Waals surface area (Å²) in [6.45, 7) is 2.04. The van der Waals surface area contributed by atoms with Crippen LogP contribution in [0.3, 0.4) is 0 Å². The number of rotatable bonds is 4. The van der Waals surface area contributed by atoms with Crippen LogP contribution in [0.4, 0.5) is 5.82 Å². The number of nitrogens with one attached hydrogen (secondary N) is 1. The lowest BCUT2D eigenvalue weighted by molar-refractivity contribution is 0.693. The van der Waals surface area contributed by atoms with Crippen LogP contribution in [0.2, 0.25) is 0 Å².